The molecule has 76 heavy (non-hydrogen) atoms. The first kappa shape index (κ1) is 74.4. The second kappa shape index (κ2) is 65.9. The van der Waals surface area contributed by atoms with Crippen molar-refractivity contribution in [3.8, 4) is 0 Å². The Morgan fingerprint density at radius 3 is 0.526 bits per heavy atom. The number of ether oxygens (including phenoxy) is 3. The van der Waals surface area contributed by atoms with Gasteiger partial charge in [0.15, 0.2) is 6.10 Å². The van der Waals surface area contributed by atoms with Crippen LogP contribution in [0.3, 0.4) is 0 Å². The highest BCUT2D eigenvalue weighted by Gasteiger charge is 2.19. The fourth-order valence-electron chi connectivity index (χ4n) is 11.1. The molecule has 6 heteroatoms. The molecule has 0 rings (SSSR count). The van der Waals surface area contributed by atoms with Gasteiger partial charge in [-0.1, -0.05) is 374 Å². The number of carbonyl (C=O) groups is 3. The van der Waals surface area contributed by atoms with Crippen LogP contribution in [0.2, 0.25) is 0 Å². The molecule has 0 aliphatic carbocycles. The molecule has 0 aliphatic heterocycles. The van der Waals surface area contributed by atoms with E-state index in [0.29, 0.717) is 19.3 Å². The third-order valence-electron chi connectivity index (χ3n) is 16.4. The molecule has 6 nitrogen and oxygen atoms in total. The third kappa shape index (κ3) is 63.2. The van der Waals surface area contributed by atoms with Crippen molar-refractivity contribution in [3.63, 3.8) is 0 Å². The highest BCUT2D eigenvalue weighted by molar-refractivity contribution is 5.71. The molecule has 0 aliphatic rings. The Balaban J connectivity index is 4.13. The van der Waals surface area contributed by atoms with Gasteiger partial charge in [0, 0.05) is 19.3 Å². The minimum absolute atomic E-state index is 0.0604. The predicted octanol–water partition coefficient (Wildman–Crippen LogP) is 23.8. The molecular formula is C70H136O6. The van der Waals surface area contributed by atoms with Crippen LogP contribution in [0.25, 0.3) is 0 Å². The van der Waals surface area contributed by atoms with Crippen LogP contribution >= 0.6 is 0 Å². The summed E-state index contributed by atoms with van der Waals surface area (Å²) in [6.07, 6.45) is 77.1. The van der Waals surface area contributed by atoms with Crippen LogP contribution < -0.4 is 0 Å². The maximum atomic E-state index is 12.9. The molecule has 0 radical (unpaired) electrons. The van der Waals surface area contributed by atoms with Gasteiger partial charge in [0.1, 0.15) is 13.2 Å². The van der Waals surface area contributed by atoms with Gasteiger partial charge in [0.2, 0.25) is 0 Å². The zero-order valence-corrected chi connectivity index (χ0v) is 52.1. The second-order valence-electron chi connectivity index (χ2n) is 24.2. The summed E-state index contributed by atoms with van der Waals surface area (Å²) in [5.41, 5.74) is 0. The molecule has 0 saturated carbocycles. The fraction of sp³-hybridized carbons (Fsp3) is 0.957. The van der Waals surface area contributed by atoms with Crippen molar-refractivity contribution in [1.29, 1.82) is 0 Å². The summed E-state index contributed by atoms with van der Waals surface area (Å²) in [7, 11) is 0. The van der Waals surface area contributed by atoms with E-state index in [2.05, 4.69) is 20.8 Å². The fourth-order valence-corrected chi connectivity index (χ4v) is 11.1. The SMILES string of the molecule is CCCCCCCCCCCCCCCCCCCCCCCCCCCCC(=O)OCC(COC(=O)CCCCCCCCCCCCC)OC(=O)CCCCCCCCCCCCCCCCCCCCCCC. The van der Waals surface area contributed by atoms with Crippen LogP contribution in [0, 0.1) is 0 Å². The molecule has 452 valence electrons. The van der Waals surface area contributed by atoms with Crippen molar-refractivity contribution in [2.24, 2.45) is 0 Å². The highest BCUT2D eigenvalue weighted by atomic mass is 16.6. The monoisotopic (exact) mass is 1070 g/mol. The number of rotatable bonds is 66. The third-order valence-corrected chi connectivity index (χ3v) is 16.4. The summed E-state index contributed by atoms with van der Waals surface area (Å²) in [4.78, 5) is 38.3. The standard InChI is InChI=1S/C70H136O6/c1-4-7-10-13-16-19-22-24-26-28-30-32-33-34-35-36-38-39-41-43-45-48-51-54-57-60-63-69(72)75-66-67(65-74-68(71)62-59-56-53-50-47-21-18-15-12-9-6-3)76-70(73)64-61-58-55-52-49-46-44-42-40-37-31-29-27-25-23-20-17-14-11-8-5-2/h67H,4-66H2,1-3H3. The van der Waals surface area contributed by atoms with Crippen molar-refractivity contribution in [1.82, 2.24) is 0 Å². The minimum atomic E-state index is -0.762. The summed E-state index contributed by atoms with van der Waals surface area (Å²) in [5.74, 6) is -0.823. The van der Waals surface area contributed by atoms with Crippen LogP contribution in [0.4, 0.5) is 0 Å². The van der Waals surface area contributed by atoms with E-state index >= 15 is 0 Å². The predicted molar refractivity (Wildman–Crippen MR) is 330 cm³/mol. The highest BCUT2D eigenvalue weighted by Crippen LogP contribution is 2.19. The average Bonchev–Trinajstić information content (AvgIpc) is 3.42. The summed E-state index contributed by atoms with van der Waals surface area (Å²) in [6.45, 7) is 6.73. The zero-order valence-electron chi connectivity index (χ0n) is 52.1. The molecule has 0 aromatic rings. The average molecular weight is 1070 g/mol. The molecule has 0 spiro atoms. The van der Waals surface area contributed by atoms with E-state index in [1.54, 1.807) is 0 Å². The Bertz CT molecular complexity index is 1140. The summed E-state index contributed by atoms with van der Waals surface area (Å²) in [6, 6.07) is 0. The molecule has 0 saturated heterocycles. The lowest BCUT2D eigenvalue weighted by molar-refractivity contribution is -0.167. The molecule has 0 aromatic carbocycles. The van der Waals surface area contributed by atoms with Gasteiger partial charge >= 0.3 is 17.9 Å². The molecule has 0 fully saturated rings. The molecule has 0 amide bonds. The summed E-state index contributed by atoms with van der Waals surface area (Å²) < 4.78 is 17.0. The molecular weight excluding hydrogens is 937 g/mol. The van der Waals surface area contributed by atoms with Crippen LogP contribution in [-0.2, 0) is 28.6 Å². The number of esters is 3. The largest absolute Gasteiger partial charge is 0.462 e. The van der Waals surface area contributed by atoms with Crippen molar-refractivity contribution in [2.45, 2.75) is 419 Å². The van der Waals surface area contributed by atoms with Crippen LogP contribution in [0.5, 0.6) is 0 Å². The minimum Gasteiger partial charge on any atom is -0.462 e. The van der Waals surface area contributed by atoms with E-state index in [4.69, 9.17) is 14.2 Å². The normalized spacial score (nSPS) is 11.9. The Hall–Kier alpha value is -1.59. The van der Waals surface area contributed by atoms with E-state index < -0.39 is 6.10 Å². The second-order valence-corrected chi connectivity index (χ2v) is 24.2. The van der Waals surface area contributed by atoms with Crippen molar-refractivity contribution >= 4 is 17.9 Å². The van der Waals surface area contributed by atoms with E-state index in [1.807, 2.05) is 0 Å². The maximum absolute atomic E-state index is 12.9. The lowest BCUT2D eigenvalue weighted by atomic mass is 10.0. The first-order valence-corrected chi connectivity index (χ1v) is 35.0. The molecule has 0 aromatic heterocycles. The zero-order chi connectivity index (χ0) is 55.0. The first-order valence-electron chi connectivity index (χ1n) is 35.0. The van der Waals surface area contributed by atoms with Gasteiger partial charge in [0.25, 0.3) is 0 Å². The van der Waals surface area contributed by atoms with E-state index in [0.717, 1.165) is 57.8 Å². The maximum Gasteiger partial charge on any atom is 0.306 e. The Labute approximate surface area is 476 Å². The lowest BCUT2D eigenvalue weighted by Crippen LogP contribution is -2.30. The van der Waals surface area contributed by atoms with Gasteiger partial charge in [-0.25, -0.2) is 0 Å². The smallest absolute Gasteiger partial charge is 0.306 e. The Kier molecular flexibility index (Phi) is 64.5. The van der Waals surface area contributed by atoms with Gasteiger partial charge in [-0.05, 0) is 19.3 Å². The summed E-state index contributed by atoms with van der Waals surface area (Å²) >= 11 is 0. The van der Waals surface area contributed by atoms with Crippen LogP contribution in [0.15, 0.2) is 0 Å². The molecule has 1 atom stereocenters. The number of carbonyl (C=O) groups excluding carboxylic acids is 3. The quantitative estimate of drug-likeness (QED) is 0.0343. The molecule has 0 heterocycles. The van der Waals surface area contributed by atoms with E-state index in [-0.39, 0.29) is 31.1 Å². The molecule has 0 N–H and O–H groups in total. The molecule has 1 unspecified atom stereocenters. The number of unbranched alkanes of at least 4 members (excludes halogenated alkanes) is 55. The lowest BCUT2D eigenvalue weighted by Gasteiger charge is -2.18. The number of hydrogen-bond acceptors (Lipinski definition) is 6. The van der Waals surface area contributed by atoms with E-state index in [9.17, 15) is 14.4 Å². The number of hydrogen-bond donors (Lipinski definition) is 0. The van der Waals surface area contributed by atoms with E-state index in [1.165, 1.54) is 315 Å². The van der Waals surface area contributed by atoms with Gasteiger partial charge in [0.05, 0.1) is 0 Å². The summed E-state index contributed by atoms with van der Waals surface area (Å²) in [5, 5.41) is 0. The molecule has 0 bridgehead atoms. The Morgan fingerprint density at radius 2 is 0.355 bits per heavy atom. The van der Waals surface area contributed by atoms with Crippen LogP contribution in [0.1, 0.15) is 412 Å². The van der Waals surface area contributed by atoms with Crippen molar-refractivity contribution in [3.05, 3.63) is 0 Å². The van der Waals surface area contributed by atoms with Gasteiger partial charge in [-0.3, -0.25) is 14.4 Å². The van der Waals surface area contributed by atoms with Gasteiger partial charge in [-0.2, -0.15) is 0 Å². The van der Waals surface area contributed by atoms with Crippen LogP contribution in [-0.4, -0.2) is 37.2 Å². The van der Waals surface area contributed by atoms with Crippen molar-refractivity contribution in [2.75, 3.05) is 13.2 Å². The van der Waals surface area contributed by atoms with Gasteiger partial charge in [-0.15, -0.1) is 0 Å². The Morgan fingerprint density at radius 1 is 0.211 bits per heavy atom. The van der Waals surface area contributed by atoms with Crippen molar-refractivity contribution < 1.29 is 28.6 Å². The first-order chi connectivity index (χ1) is 37.5. The topological polar surface area (TPSA) is 78.9 Å². The van der Waals surface area contributed by atoms with Gasteiger partial charge < -0.3 is 14.2 Å².